The summed E-state index contributed by atoms with van der Waals surface area (Å²) in [5.74, 6) is 0.413. The molecule has 0 unspecified atom stereocenters. The maximum Gasteiger partial charge on any atom is 0.322 e. The van der Waals surface area contributed by atoms with Crippen LogP contribution in [0.5, 0.6) is 0 Å². The molecule has 0 fully saturated rings. The number of nitrogens with zero attached hydrogens (tertiary/aromatic N) is 1. The quantitative estimate of drug-likeness (QED) is 0.708. The van der Waals surface area contributed by atoms with Crippen LogP contribution in [0.25, 0.3) is 0 Å². The van der Waals surface area contributed by atoms with Crippen LogP contribution in [0.1, 0.15) is 35.0 Å². The van der Waals surface area contributed by atoms with Crippen LogP contribution in [0.15, 0.2) is 41.0 Å². The van der Waals surface area contributed by atoms with E-state index in [1.165, 1.54) is 4.90 Å². The Morgan fingerprint density at radius 3 is 2.62 bits per heavy atom. The Hall–Kier alpha value is -2.80. The van der Waals surface area contributed by atoms with Crippen molar-refractivity contribution in [2.75, 3.05) is 19.0 Å². The molecule has 2 aromatic rings. The maximum absolute atomic E-state index is 12.9. The Morgan fingerprint density at radius 2 is 2.04 bits per heavy atom. The number of nitrogens with one attached hydrogen (secondary N) is 2. The second-order valence-corrected chi connectivity index (χ2v) is 5.94. The van der Waals surface area contributed by atoms with E-state index in [9.17, 15) is 14.7 Å². The Bertz CT molecular complexity index is 739. The predicted molar refractivity (Wildman–Crippen MR) is 99.0 cm³/mol. The van der Waals surface area contributed by atoms with E-state index in [1.54, 1.807) is 50.6 Å². The van der Waals surface area contributed by atoms with Crippen molar-refractivity contribution in [3.05, 3.63) is 53.5 Å². The van der Waals surface area contributed by atoms with Gasteiger partial charge >= 0.3 is 6.03 Å². The first-order valence-corrected chi connectivity index (χ1v) is 8.54. The molecular weight excluding hydrogens is 334 g/mol. The van der Waals surface area contributed by atoms with E-state index in [0.717, 1.165) is 0 Å². The first-order valence-electron chi connectivity index (χ1n) is 8.54. The van der Waals surface area contributed by atoms with Gasteiger partial charge in [0.25, 0.3) is 5.91 Å². The third kappa shape index (κ3) is 4.43. The summed E-state index contributed by atoms with van der Waals surface area (Å²) in [6.07, 6.45) is 2.14. The Balaban J connectivity index is 2.25. The molecule has 0 spiro atoms. The molecule has 0 saturated carbocycles. The number of hydrogen-bond donors (Lipinski definition) is 3. The molecule has 1 atom stereocenters. The number of aliphatic hydroxyl groups excluding tert-OH is 1. The molecule has 0 radical (unpaired) electrons. The second kappa shape index (κ2) is 9.05. The molecule has 0 aliphatic rings. The van der Waals surface area contributed by atoms with Crippen molar-refractivity contribution in [3.8, 4) is 0 Å². The zero-order valence-electron chi connectivity index (χ0n) is 15.3. The van der Waals surface area contributed by atoms with Crippen molar-refractivity contribution in [1.82, 2.24) is 10.2 Å². The molecule has 3 amide bonds. The third-order valence-corrected chi connectivity index (χ3v) is 4.34. The number of furan rings is 1. The molecule has 7 nitrogen and oxygen atoms in total. The average molecular weight is 359 g/mol. The van der Waals surface area contributed by atoms with E-state index in [4.69, 9.17) is 4.42 Å². The van der Waals surface area contributed by atoms with Gasteiger partial charge in [-0.25, -0.2) is 4.79 Å². The first kappa shape index (κ1) is 19.5. The van der Waals surface area contributed by atoms with Crippen molar-refractivity contribution in [1.29, 1.82) is 0 Å². The predicted octanol–water partition coefficient (Wildman–Crippen LogP) is 2.75. The van der Waals surface area contributed by atoms with E-state index < -0.39 is 0 Å². The Kier molecular flexibility index (Phi) is 6.80. The van der Waals surface area contributed by atoms with Crippen LogP contribution in [0.4, 0.5) is 10.5 Å². The Morgan fingerprint density at radius 1 is 1.27 bits per heavy atom. The van der Waals surface area contributed by atoms with Crippen molar-refractivity contribution < 1.29 is 19.1 Å². The second-order valence-electron chi connectivity index (χ2n) is 5.94. The fourth-order valence-corrected chi connectivity index (χ4v) is 2.72. The SMILES string of the molecule is CC[C@H](CO)N(Cc1ccco1)C(=O)Nc1cccc(C(=O)NC)c1C. The van der Waals surface area contributed by atoms with Crippen LogP contribution in [-0.2, 0) is 6.54 Å². The summed E-state index contributed by atoms with van der Waals surface area (Å²) in [4.78, 5) is 26.3. The molecule has 7 heteroatoms. The molecule has 3 N–H and O–H groups in total. The van der Waals surface area contributed by atoms with Crippen LogP contribution >= 0.6 is 0 Å². The zero-order valence-corrected chi connectivity index (χ0v) is 15.3. The van der Waals surface area contributed by atoms with Crippen LogP contribution in [0.2, 0.25) is 0 Å². The number of carbonyl (C=O) groups excluding carboxylic acids is 2. The lowest BCUT2D eigenvalue weighted by Crippen LogP contribution is -2.44. The van der Waals surface area contributed by atoms with Gasteiger partial charge in [-0.2, -0.15) is 0 Å². The van der Waals surface area contributed by atoms with Gasteiger partial charge in [0.1, 0.15) is 5.76 Å². The molecule has 1 aromatic carbocycles. The molecule has 0 aliphatic heterocycles. The molecule has 0 aliphatic carbocycles. The molecule has 1 aromatic heterocycles. The van der Waals surface area contributed by atoms with Crippen LogP contribution in [0.3, 0.4) is 0 Å². The lowest BCUT2D eigenvalue weighted by atomic mass is 10.1. The van der Waals surface area contributed by atoms with E-state index in [2.05, 4.69) is 10.6 Å². The largest absolute Gasteiger partial charge is 0.467 e. The van der Waals surface area contributed by atoms with Gasteiger partial charge in [0.2, 0.25) is 0 Å². The molecule has 1 heterocycles. The van der Waals surface area contributed by atoms with Gasteiger partial charge in [-0.05, 0) is 43.2 Å². The minimum atomic E-state index is -0.362. The molecule has 0 saturated heterocycles. The zero-order chi connectivity index (χ0) is 19.1. The van der Waals surface area contributed by atoms with Crippen LogP contribution < -0.4 is 10.6 Å². The monoisotopic (exact) mass is 359 g/mol. The number of carbonyl (C=O) groups is 2. The molecule has 2 rings (SSSR count). The van der Waals surface area contributed by atoms with Gasteiger partial charge < -0.3 is 25.1 Å². The fraction of sp³-hybridized carbons (Fsp3) is 0.368. The minimum absolute atomic E-state index is 0.151. The van der Waals surface area contributed by atoms with Crippen molar-refractivity contribution in [2.24, 2.45) is 0 Å². The van der Waals surface area contributed by atoms with E-state index in [1.807, 2.05) is 6.92 Å². The minimum Gasteiger partial charge on any atom is -0.467 e. The summed E-state index contributed by atoms with van der Waals surface area (Å²) >= 11 is 0. The van der Waals surface area contributed by atoms with Crippen molar-refractivity contribution in [2.45, 2.75) is 32.9 Å². The van der Waals surface area contributed by atoms with Gasteiger partial charge in [0, 0.05) is 18.3 Å². The molecule has 0 bridgehead atoms. The lowest BCUT2D eigenvalue weighted by molar-refractivity contribution is 0.0962. The number of amides is 3. The van der Waals surface area contributed by atoms with Gasteiger partial charge in [0.15, 0.2) is 0 Å². The summed E-state index contributed by atoms with van der Waals surface area (Å²) in [5, 5.41) is 15.1. The highest BCUT2D eigenvalue weighted by molar-refractivity contribution is 5.99. The van der Waals surface area contributed by atoms with Crippen molar-refractivity contribution in [3.63, 3.8) is 0 Å². The Labute approximate surface area is 153 Å². The number of aliphatic hydroxyl groups is 1. The number of urea groups is 1. The highest BCUT2D eigenvalue weighted by Gasteiger charge is 2.24. The third-order valence-electron chi connectivity index (χ3n) is 4.34. The average Bonchev–Trinajstić information content (AvgIpc) is 3.16. The molecular formula is C19H25N3O4. The summed E-state index contributed by atoms with van der Waals surface area (Å²) in [6.45, 7) is 3.77. The number of rotatable bonds is 7. The van der Waals surface area contributed by atoms with Gasteiger partial charge in [-0.1, -0.05) is 13.0 Å². The topological polar surface area (TPSA) is 94.8 Å². The van der Waals surface area contributed by atoms with Crippen LogP contribution in [0, 0.1) is 6.92 Å². The maximum atomic E-state index is 12.9. The number of anilines is 1. The normalized spacial score (nSPS) is 11.7. The van der Waals surface area contributed by atoms with E-state index in [0.29, 0.717) is 29.0 Å². The van der Waals surface area contributed by atoms with Crippen LogP contribution in [-0.4, -0.2) is 41.6 Å². The fourth-order valence-electron chi connectivity index (χ4n) is 2.72. The highest BCUT2D eigenvalue weighted by atomic mass is 16.3. The highest BCUT2D eigenvalue weighted by Crippen LogP contribution is 2.21. The van der Waals surface area contributed by atoms with Gasteiger partial charge in [-0.3, -0.25) is 4.79 Å². The lowest BCUT2D eigenvalue weighted by Gasteiger charge is -2.29. The first-order chi connectivity index (χ1) is 12.5. The standard InChI is InChI=1S/C19H25N3O4/c1-4-14(12-23)22(11-15-7-6-10-26-15)19(25)21-17-9-5-8-16(13(17)2)18(24)20-3/h5-10,14,23H,4,11-12H2,1-3H3,(H,20,24)(H,21,25)/t14-/m1/s1. The number of hydrogen-bond acceptors (Lipinski definition) is 4. The van der Waals surface area contributed by atoms with Crippen molar-refractivity contribution >= 4 is 17.6 Å². The van der Waals surface area contributed by atoms with E-state index in [-0.39, 0.29) is 31.1 Å². The molecule has 26 heavy (non-hydrogen) atoms. The summed E-state index contributed by atoms with van der Waals surface area (Å²) in [7, 11) is 1.56. The molecule has 140 valence electrons. The van der Waals surface area contributed by atoms with E-state index >= 15 is 0 Å². The smallest absolute Gasteiger partial charge is 0.322 e. The summed E-state index contributed by atoms with van der Waals surface area (Å²) in [5.41, 5.74) is 1.72. The number of benzene rings is 1. The summed E-state index contributed by atoms with van der Waals surface area (Å²) in [6, 6.07) is 7.98. The summed E-state index contributed by atoms with van der Waals surface area (Å²) < 4.78 is 5.34. The van der Waals surface area contributed by atoms with Gasteiger partial charge in [-0.15, -0.1) is 0 Å². The van der Waals surface area contributed by atoms with Gasteiger partial charge in [0.05, 0.1) is 25.5 Å².